The second kappa shape index (κ2) is 4.35. The SMILES string of the molecule is Cc1ccc(Nc2cccc(F)c2)cc1C. The van der Waals surface area contributed by atoms with Crippen molar-refractivity contribution in [2.24, 2.45) is 0 Å². The molecule has 0 aliphatic carbocycles. The zero-order valence-corrected chi connectivity index (χ0v) is 9.42. The highest BCUT2D eigenvalue weighted by Gasteiger charge is 1.98. The number of anilines is 2. The lowest BCUT2D eigenvalue weighted by Gasteiger charge is -2.08. The molecule has 2 aromatic rings. The molecule has 2 aromatic carbocycles. The van der Waals surface area contributed by atoms with E-state index in [0.29, 0.717) is 0 Å². The molecule has 1 nitrogen and oxygen atoms in total. The molecule has 16 heavy (non-hydrogen) atoms. The highest BCUT2D eigenvalue weighted by molar-refractivity contribution is 5.60. The van der Waals surface area contributed by atoms with Crippen molar-refractivity contribution in [3.63, 3.8) is 0 Å². The van der Waals surface area contributed by atoms with Gasteiger partial charge in [0.2, 0.25) is 0 Å². The van der Waals surface area contributed by atoms with Crippen molar-refractivity contribution in [1.29, 1.82) is 0 Å². The van der Waals surface area contributed by atoms with Gasteiger partial charge in [0, 0.05) is 11.4 Å². The summed E-state index contributed by atoms with van der Waals surface area (Å²) in [7, 11) is 0. The summed E-state index contributed by atoms with van der Waals surface area (Å²) < 4.78 is 13.0. The maximum atomic E-state index is 13.0. The highest BCUT2D eigenvalue weighted by Crippen LogP contribution is 2.19. The Bertz CT molecular complexity index is 506. The standard InChI is InChI=1S/C14H14FN/c1-10-6-7-14(8-11(10)2)16-13-5-3-4-12(15)9-13/h3-9,16H,1-2H3. The Kier molecular flexibility index (Phi) is 2.91. The molecule has 0 saturated heterocycles. The third-order valence-electron chi connectivity index (χ3n) is 2.62. The molecule has 0 bridgehead atoms. The maximum absolute atomic E-state index is 13.0. The molecule has 0 radical (unpaired) electrons. The van der Waals surface area contributed by atoms with Gasteiger partial charge in [0.05, 0.1) is 0 Å². The summed E-state index contributed by atoms with van der Waals surface area (Å²) in [4.78, 5) is 0. The van der Waals surface area contributed by atoms with E-state index in [4.69, 9.17) is 0 Å². The Labute approximate surface area is 94.9 Å². The van der Waals surface area contributed by atoms with E-state index in [1.807, 2.05) is 12.1 Å². The van der Waals surface area contributed by atoms with Crippen LogP contribution in [0.25, 0.3) is 0 Å². The zero-order chi connectivity index (χ0) is 11.5. The van der Waals surface area contributed by atoms with Crippen LogP contribution < -0.4 is 5.32 Å². The molecule has 0 amide bonds. The number of hydrogen-bond acceptors (Lipinski definition) is 1. The molecule has 0 aliphatic rings. The summed E-state index contributed by atoms with van der Waals surface area (Å²) in [6, 6.07) is 12.6. The van der Waals surface area contributed by atoms with Gasteiger partial charge in [0.1, 0.15) is 5.82 Å². The number of nitrogens with one attached hydrogen (secondary N) is 1. The van der Waals surface area contributed by atoms with Gasteiger partial charge in [0.15, 0.2) is 0 Å². The van der Waals surface area contributed by atoms with Crippen LogP contribution in [0.15, 0.2) is 42.5 Å². The molecule has 0 fully saturated rings. The summed E-state index contributed by atoms with van der Waals surface area (Å²) >= 11 is 0. The van der Waals surface area contributed by atoms with Crippen molar-refractivity contribution in [1.82, 2.24) is 0 Å². The van der Waals surface area contributed by atoms with Crippen molar-refractivity contribution in [3.05, 3.63) is 59.4 Å². The molecule has 0 spiro atoms. The van der Waals surface area contributed by atoms with E-state index in [-0.39, 0.29) is 5.82 Å². The summed E-state index contributed by atoms with van der Waals surface area (Å²) in [5.41, 5.74) is 4.23. The van der Waals surface area contributed by atoms with Gasteiger partial charge in [-0.3, -0.25) is 0 Å². The molecule has 0 atom stereocenters. The van der Waals surface area contributed by atoms with E-state index >= 15 is 0 Å². The molecule has 0 unspecified atom stereocenters. The minimum Gasteiger partial charge on any atom is -0.355 e. The largest absolute Gasteiger partial charge is 0.355 e. The van der Waals surface area contributed by atoms with Gasteiger partial charge in [-0.1, -0.05) is 12.1 Å². The summed E-state index contributed by atoms with van der Waals surface area (Å²) in [5.74, 6) is -0.228. The van der Waals surface area contributed by atoms with Crippen LogP contribution in [0, 0.1) is 19.7 Å². The quantitative estimate of drug-likeness (QED) is 0.792. The van der Waals surface area contributed by atoms with Crippen LogP contribution >= 0.6 is 0 Å². The summed E-state index contributed by atoms with van der Waals surface area (Å²) in [6.45, 7) is 4.13. The molecule has 1 N–H and O–H groups in total. The third kappa shape index (κ3) is 2.40. The number of benzene rings is 2. The minimum absolute atomic E-state index is 0.228. The lowest BCUT2D eigenvalue weighted by atomic mass is 10.1. The number of hydrogen-bond donors (Lipinski definition) is 1. The average molecular weight is 215 g/mol. The lowest BCUT2D eigenvalue weighted by Crippen LogP contribution is -1.92. The predicted octanol–water partition coefficient (Wildman–Crippen LogP) is 4.19. The third-order valence-corrected chi connectivity index (χ3v) is 2.62. The van der Waals surface area contributed by atoms with Gasteiger partial charge < -0.3 is 5.32 Å². The number of rotatable bonds is 2. The van der Waals surface area contributed by atoms with E-state index < -0.39 is 0 Å². The fourth-order valence-corrected chi connectivity index (χ4v) is 1.55. The van der Waals surface area contributed by atoms with Crippen molar-refractivity contribution >= 4 is 11.4 Å². The van der Waals surface area contributed by atoms with Crippen molar-refractivity contribution < 1.29 is 4.39 Å². The maximum Gasteiger partial charge on any atom is 0.125 e. The molecule has 2 heteroatoms. The van der Waals surface area contributed by atoms with Crippen LogP contribution in [0.4, 0.5) is 15.8 Å². The molecule has 0 saturated carbocycles. The lowest BCUT2D eigenvalue weighted by molar-refractivity contribution is 0.628. The van der Waals surface area contributed by atoms with Crippen LogP contribution in [0.2, 0.25) is 0 Å². The van der Waals surface area contributed by atoms with Gasteiger partial charge >= 0.3 is 0 Å². The molecular weight excluding hydrogens is 201 g/mol. The van der Waals surface area contributed by atoms with Crippen LogP contribution in [0.3, 0.4) is 0 Å². The highest BCUT2D eigenvalue weighted by atomic mass is 19.1. The van der Waals surface area contributed by atoms with E-state index in [1.54, 1.807) is 6.07 Å². The normalized spacial score (nSPS) is 10.2. The molecule has 0 aromatic heterocycles. The van der Waals surface area contributed by atoms with Crippen LogP contribution in [-0.2, 0) is 0 Å². The fourth-order valence-electron chi connectivity index (χ4n) is 1.55. The predicted molar refractivity (Wildman–Crippen MR) is 65.6 cm³/mol. The smallest absolute Gasteiger partial charge is 0.125 e. The summed E-state index contributed by atoms with van der Waals surface area (Å²) in [5, 5.41) is 3.17. The second-order valence-corrected chi connectivity index (χ2v) is 3.93. The van der Waals surface area contributed by atoms with Crippen molar-refractivity contribution in [2.45, 2.75) is 13.8 Å². The van der Waals surface area contributed by atoms with Crippen LogP contribution in [0.5, 0.6) is 0 Å². The number of aryl methyl sites for hydroxylation is 2. The summed E-state index contributed by atoms with van der Waals surface area (Å²) in [6.07, 6.45) is 0. The fraction of sp³-hybridized carbons (Fsp3) is 0.143. The average Bonchev–Trinajstić information content (AvgIpc) is 2.24. The molecule has 0 heterocycles. The van der Waals surface area contributed by atoms with Gasteiger partial charge in [-0.05, 0) is 55.3 Å². The first kappa shape index (κ1) is 10.7. The van der Waals surface area contributed by atoms with E-state index in [2.05, 4.69) is 31.3 Å². The first-order chi connectivity index (χ1) is 7.65. The molecule has 0 aliphatic heterocycles. The van der Waals surface area contributed by atoms with Crippen LogP contribution in [0.1, 0.15) is 11.1 Å². The monoisotopic (exact) mass is 215 g/mol. The Morgan fingerprint density at radius 2 is 1.62 bits per heavy atom. The Morgan fingerprint density at radius 1 is 0.875 bits per heavy atom. The number of halogens is 1. The van der Waals surface area contributed by atoms with Gasteiger partial charge in [0.25, 0.3) is 0 Å². The first-order valence-electron chi connectivity index (χ1n) is 5.25. The van der Waals surface area contributed by atoms with Gasteiger partial charge in [-0.2, -0.15) is 0 Å². The van der Waals surface area contributed by atoms with Gasteiger partial charge in [-0.25, -0.2) is 4.39 Å². The van der Waals surface area contributed by atoms with Crippen molar-refractivity contribution in [3.8, 4) is 0 Å². The second-order valence-electron chi connectivity index (χ2n) is 3.93. The Morgan fingerprint density at radius 3 is 2.31 bits per heavy atom. The first-order valence-corrected chi connectivity index (χ1v) is 5.25. The Hall–Kier alpha value is -1.83. The molecule has 2 rings (SSSR count). The van der Waals surface area contributed by atoms with Gasteiger partial charge in [-0.15, -0.1) is 0 Å². The molecule has 82 valence electrons. The van der Waals surface area contributed by atoms with Crippen molar-refractivity contribution in [2.75, 3.05) is 5.32 Å². The Balaban J connectivity index is 2.24. The minimum atomic E-state index is -0.228. The topological polar surface area (TPSA) is 12.0 Å². The zero-order valence-electron chi connectivity index (χ0n) is 9.42. The van der Waals surface area contributed by atoms with E-state index in [1.165, 1.54) is 23.3 Å². The van der Waals surface area contributed by atoms with E-state index in [0.717, 1.165) is 11.4 Å². The van der Waals surface area contributed by atoms with Crippen LogP contribution in [-0.4, -0.2) is 0 Å². The van der Waals surface area contributed by atoms with E-state index in [9.17, 15) is 4.39 Å². The molecular formula is C14H14FN.